The molecule has 0 radical (unpaired) electrons. The van der Waals surface area contributed by atoms with Crippen molar-refractivity contribution in [2.24, 2.45) is 34.5 Å². The van der Waals surface area contributed by atoms with Gasteiger partial charge in [-0.3, -0.25) is 9.69 Å². The molecule has 11 heteroatoms. The van der Waals surface area contributed by atoms with Gasteiger partial charge < -0.3 is 38.6 Å². The van der Waals surface area contributed by atoms with E-state index in [1.807, 2.05) is 6.07 Å². The first-order chi connectivity index (χ1) is 21.6. The summed E-state index contributed by atoms with van der Waals surface area (Å²) in [6, 6.07) is 8.42. The van der Waals surface area contributed by atoms with Gasteiger partial charge in [0, 0.05) is 76.5 Å². The third-order valence-electron chi connectivity index (χ3n) is 13.0. The van der Waals surface area contributed by atoms with Crippen LogP contribution in [0.25, 0.3) is 0 Å². The van der Waals surface area contributed by atoms with E-state index >= 15 is 0 Å². The van der Waals surface area contributed by atoms with Crippen LogP contribution in [-0.4, -0.2) is 123 Å². The van der Waals surface area contributed by atoms with Crippen LogP contribution in [0.3, 0.4) is 0 Å². The van der Waals surface area contributed by atoms with Crippen LogP contribution >= 0.6 is 0 Å². The number of esters is 2. The number of hydrogen-bond acceptors (Lipinski definition) is 11. The number of piperidine rings is 1. The Balaban J connectivity index is 1.52. The lowest BCUT2D eigenvalue weighted by Crippen LogP contribution is -2.80. The fraction of sp³-hybridized carbons (Fsp3) is 0.765. The number of methoxy groups -OCH3 is 4. The first-order valence-electron chi connectivity index (χ1n) is 16.2. The van der Waals surface area contributed by atoms with Gasteiger partial charge in [0.1, 0.15) is 23.9 Å². The quantitative estimate of drug-likeness (QED) is 0.387. The van der Waals surface area contributed by atoms with Crippen molar-refractivity contribution in [1.82, 2.24) is 4.90 Å². The van der Waals surface area contributed by atoms with Crippen molar-refractivity contribution in [3.8, 4) is 0 Å². The van der Waals surface area contributed by atoms with Gasteiger partial charge in [-0.25, -0.2) is 4.79 Å². The molecule has 6 fully saturated rings. The number of aliphatic hydroxyl groups excluding tert-OH is 1. The summed E-state index contributed by atoms with van der Waals surface area (Å²) in [6.07, 6.45) is -2.64. The zero-order chi connectivity index (χ0) is 32.1. The number of ether oxygens (including phenoxy) is 6. The van der Waals surface area contributed by atoms with Crippen molar-refractivity contribution in [2.75, 3.05) is 48.1 Å². The Morgan fingerprint density at radius 1 is 1.02 bits per heavy atom. The summed E-state index contributed by atoms with van der Waals surface area (Å²) in [4.78, 5) is 29.4. The van der Waals surface area contributed by atoms with Crippen molar-refractivity contribution >= 4 is 11.9 Å². The number of carbonyl (C=O) groups excluding carboxylic acids is 2. The molecule has 0 amide bonds. The number of rotatable bonds is 9. The molecular formula is C34H47NO10. The minimum absolute atomic E-state index is 0.101. The van der Waals surface area contributed by atoms with Crippen molar-refractivity contribution < 1.29 is 48.2 Å². The highest BCUT2D eigenvalue weighted by molar-refractivity contribution is 5.89. The van der Waals surface area contributed by atoms with Crippen molar-refractivity contribution in [2.45, 2.75) is 80.9 Å². The van der Waals surface area contributed by atoms with Gasteiger partial charge in [0.25, 0.3) is 0 Å². The average Bonchev–Trinajstić information content (AvgIpc) is 3.40. The Bertz CT molecular complexity index is 1330. The lowest BCUT2D eigenvalue weighted by Gasteiger charge is -2.69. The maximum Gasteiger partial charge on any atom is 0.338 e. The summed E-state index contributed by atoms with van der Waals surface area (Å²) in [7, 11) is 6.59. The number of carbonyl (C=O) groups is 2. The molecule has 248 valence electrons. The van der Waals surface area contributed by atoms with Gasteiger partial charge >= 0.3 is 11.9 Å². The molecule has 1 saturated heterocycles. The van der Waals surface area contributed by atoms with E-state index in [0.29, 0.717) is 18.7 Å². The Morgan fingerprint density at radius 3 is 2.36 bits per heavy atom. The lowest BCUT2D eigenvalue weighted by atomic mass is 9.43. The Morgan fingerprint density at radius 2 is 1.76 bits per heavy atom. The number of aliphatic hydroxyl groups is 2. The predicted octanol–water partition coefficient (Wildman–Crippen LogP) is 1.68. The molecule has 4 unspecified atom stereocenters. The van der Waals surface area contributed by atoms with Gasteiger partial charge in [-0.05, 0) is 43.9 Å². The zero-order valence-electron chi connectivity index (χ0n) is 27.0. The predicted molar refractivity (Wildman–Crippen MR) is 159 cm³/mol. The van der Waals surface area contributed by atoms with Crippen molar-refractivity contribution in [1.29, 1.82) is 0 Å². The van der Waals surface area contributed by atoms with E-state index in [1.54, 1.807) is 45.6 Å². The fourth-order valence-corrected chi connectivity index (χ4v) is 12.4. The minimum atomic E-state index is -1.76. The van der Waals surface area contributed by atoms with Crippen LogP contribution in [-0.2, 0) is 33.2 Å². The van der Waals surface area contributed by atoms with Gasteiger partial charge in [0.2, 0.25) is 0 Å². The monoisotopic (exact) mass is 629 g/mol. The smallest absolute Gasteiger partial charge is 0.338 e. The SMILES string of the molecule is CCN1C[C@]2(COC)CC[C@H](OC)C34C1C([C@H](OC)[C@@H]32)[C@@]1(OC(C)=O)[C@@H](O)[C@H](OC)[C@@]2(O)C[C@@H]4[C@@H]1C2OC(=O)c1ccccc1. The van der Waals surface area contributed by atoms with Crippen LogP contribution in [0, 0.1) is 34.5 Å². The first kappa shape index (κ1) is 31.5. The third kappa shape index (κ3) is 3.66. The molecule has 45 heavy (non-hydrogen) atoms. The molecule has 6 aliphatic rings. The van der Waals surface area contributed by atoms with Gasteiger partial charge in [0.15, 0.2) is 5.60 Å². The van der Waals surface area contributed by atoms with Gasteiger partial charge in [-0.15, -0.1) is 0 Å². The second kappa shape index (κ2) is 10.7. The Hall–Kier alpha value is -2.12. The summed E-state index contributed by atoms with van der Waals surface area (Å²) in [5.74, 6) is -2.95. The Kier molecular flexibility index (Phi) is 7.48. The van der Waals surface area contributed by atoms with Crippen LogP contribution in [0.1, 0.15) is 43.5 Å². The van der Waals surface area contributed by atoms with E-state index in [2.05, 4.69) is 11.8 Å². The van der Waals surface area contributed by atoms with Gasteiger partial charge in [0.05, 0.1) is 24.4 Å². The van der Waals surface area contributed by atoms with E-state index in [1.165, 1.54) is 14.0 Å². The normalized spacial score (nSPS) is 49.1. The molecule has 1 aliphatic heterocycles. The van der Waals surface area contributed by atoms with Crippen LogP contribution in [0.5, 0.6) is 0 Å². The van der Waals surface area contributed by atoms with Crippen molar-refractivity contribution in [3.05, 3.63) is 35.9 Å². The van der Waals surface area contributed by atoms with E-state index in [-0.39, 0.29) is 35.8 Å². The third-order valence-corrected chi connectivity index (χ3v) is 13.0. The molecule has 1 aromatic rings. The molecular weight excluding hydrogens is 582 g/mol. The number of hydrogen-bond donors (Lipinski definition) is 2. The molecule has 5 saturated carbocycles. The molecule has 7 bridgehead atoms. The van der Waals surface area contributed by atoms with Crippen molar-refractivity contribution in [3.63, 3.8) is 0 Å². The minimum Gasteiger partial charge on any atom is -0.455 e. The second-order valence-electron chi connectivity index (χ2n) is 14.3. The summed E-state index contributed by atoms with van der Waals surface area (Å²) in [5, 5.41) is 25.3. The highest BCUT2D eigenvalue weighted by Gasteiger charge is 2.91. The topological polar surface area (TPSA) is 133 Å². The molecule has 1 spiro atoms. The van der Waals surface area contributed by atoms with E-state index < -0.39 is 64.8 Å². The number of benzene rings is 1. The van der Waals surface area contributed by atoms with Crippen LogP contribution in [0.15, 0.2) is 30.3 Å². The highest BCUT2D eigenvalue weighted by Crippen LogP contribution is 2.80. The van der Waals surface area contributed by atoms with E-state index in [4.69, 9.17) is 28.4 Å². The lowest BCUT2D eigenvalue weighted by molar-refractivity contribution is -0.317. The molecule has 0 aromatic heterocycles. The maximum atomic E-state index is 13.7. The van der Waals surface area contributed by atoms with E-state index in [9.17, 15) is 19.8 Å². The molecule has 1 heterocycles. The van der Waals surface area contributed by atoms with Gasteiger partial charge in [-0.1, -0.05) is 25.1 Å². The molecule has 14 atom stereocenters. The van der Waals surface area contributed by atoms with Crippen LogP contribution < -0.4 is 0 Å². The summed E-state index contributed by atoms with van der Waals surface area (Å²) in [5.41, 5.74) is -3.92. The van der Waals surface area contributed by atoms with Gasteiger partial charge in [-0.2, -0.15) is 0 Å². The standard InChI is InChI=1S/C34H47NO10/c1-7-35-16-31(17-40-3)14-13-21(41-4)33-20-15-32(39)28(44-30(38)19-11-9-8-10-12-19)22(20)34(45-18(2)36,27(37)29(32)43-6)23(26(33)35)24(42-5)25(31)33/h8-12,20-29,37,39H,7,13-17H2,1-6H3/t20-,21+,22-,23?,24+,25-,26?,27+,28?,29+,31+,32-,33?,34-/m1/s1. The fourth-order valence-electron chi connectivity index (χ4n) is 12.4. The van der Waals surface area contributed by atoms with Crippen LogP contribution in [0.2, 0.25) is 0 Å². The Labute approximate surface area is 264 Å². The molecule has 7 rings (SSSR count). The molecule has 11 nitrogen and oxygen atoms in total. The highest BCUT2D eigenvalue weighted by atomic mass is 16.6. The largest absolute Gasteiger partial charge is 0.455 e. The summed E-state index contributed by atoms with van der Waals surface area (Å²) < 4.78 is 37.7. The van der Waals surface area contributed by atoms with Crippen LogP contribution in [0.4, 0.5) is 0 Å². The first-order valence-corrected chi connectivity index (χ1v) is 16.2. The molecule has 1 aromatic carbocycles. The number of nitrogens with zero attached hydrogens (tertiary/aromatic N) is 1. The number of fused-ring (bicyclic) bond motifs is 2. The molecule has 2 N–H and O–H groups in total. The summed E-state index contributed by atoms with van der Waals surface area (Å²) in [6.45, 7) is 5.44. The second-order valence-corrected chi connectivity index (χ2v) is 14.3. The average molecular weight is 630 g/mol. The molecule has 5 aliphatic carbocycles. The van der Waals surface area contributed by atoms with E-state index in [0.717, 1.165) is 19.4 Å². The maximum absolute atomic E-state index is 13.7. The zero-order valence-corrected chi connectivity index (χ0v) is 27.0. The number of likely N-dealkylation sites (tertiary alicyclic amines) is 1. The summed E-state index contributed by atoms with van der Waals surface area (Å²) >= 11 is 0.